The lowest BCUT2D eigenvalue weighted by molar-refractivity contribution is 0.0949. The number of aromatic amines is 1. The summed E-state index contributed by atoms with van der Waals surface area (Å²) in [5, 5.41) is 15.9. The van der Waals surface area contributed by atoms with Crippen LogP contribution in [0.3, 0.4) is 0 Å². The van der Waals surface area contributed by atoms with Crippen molar-refractivity contribution in [3.05, 3.63) is 40.1 Å². The molecule has 0 saturated heterocycles. The number of hydrogen-bond donors (Lipinski definition) is 2. The molecule has 1 aromatic heterocycles. The number of rotatable bonds is 3. The number of aromatic nitrogens is 4. The molecule has 0 aliphatic rings. The van der Waals surface area contributed by atoms with Gasteiger partial charge in [0.1, 0.15) is 0 Å². The van der Waals surface area contributed by atoms with Gasteiger partial charge in [0.2, 0.25) is 0 Å². The highest BCUT2D eigenvalue weighted by Crippen LogP contribution is 2.15. The fourth-order valence-electron chi connectivity index (χ4n) is 1.16. The van der Waals surface area contributed by atoms with E-state index in [0.29, 0.717) is 11.4 Å². The molecule has 2 aromatic rings. The van der Waals surface area contributed by atoms with E-state index in [1.54, 1.807) is 12.1 Å². The molecule has 1 aromatic carbocycles. The summed E-state index contributed by atoms with van der Waals surface area (Å²) in [4.78, 5) is 11.7. The number of nitrogens with zero attached hydrogens (tertiary/aromatic N) is 3. The molecular weight excluding hydrogens is 274 g/mol. The third kappa shape index (κ3) is 2.43. The number of carbonyl (C=O) groups is 1. The highest BCUT2D eigenvalue weighted by atomic mass is 79.9. The number of H-pyrrole nitrogens is 1. The second-order valence-electron chi connectivity index (χ2n) is 2.99. The first-order valence-electron chi connectivity index (χ1n) is 4.52. The topological polar surface area (TPSA) is 83.6 Å². The summed E-state index contributed by atoms with van der Waals surface area (Å²) in [6.07, 6.45) is 0. The lowest BCUT2D eigenvalue weighted by Crippen LogP contribution is -2.23. The van der Waals surface area contributed by atoms with E-state index >= 15 is 0 Å². The summed E-state index contributed by atoms with van der Waals surface area (Å²) >= 11 is 3.31. The van der Waals surface area contributed by atoms with Gasteiger partial charge in [-0.2, -0.15) is 5.21 Å². The molecule has 6 nitrogen and oxygen atoms in total. The van der Waals surface area contributed by atoms with E-state index < -0.39 is 0 Å². The van der Waals surface area contributed by atoms with E-state index in [9.17, 15) is 4.79 Å². The van der Waals surface area contributed by atoms with Crippen LogP contribution in [0, 0.1) is 0 Å². The van der Waals surface area contributed by atoms with Crippen LogP contribution in [0.15, 0.2) is 28.7 Å². The maximum absolute atomic E-state index is 11.7. The Hall–Kier alpha value is -1.76. The van der Waals surface area contributed by atoms with Crippen molar-refractivity contribution >= 4 is 21.8 Å². The largest absolute Gasteiger partial charge is 0.345 e. The average molecular weight is 282 g/mol. The highest BCUT2D eigenvalue weighted by Gasteiger charge is 2.09. The second kappa shape index (κ2) is 4.84. The number of amides is 1. The molecule has 0 atom stereocenters. The molecule has 2 rings (SSSR count). The van der Waals surface area contributed by atoms with Crippen LogP contribution in [0.25, 0.3) is 0 Å². The van der Waals surface area contributed by atoms with Crippen molar-refractivity contribution < 1.29 is 4.79 Å². The molecule has 7 heteroatoms. The molecule has 0 aliphatic carbocycles. The predicted molar refractivity (Wildman–Crippen MR) is 59.5 cm³/mol. The second-order valence-corrected chi connectivity index (χ2v) is 3.84. The molecule has 1 heterocycles. The van der Waals surface area contributed by atoms with Gasteiger partial charge in [0.15, 0.2) is 5.82 Å². The maximum Gasteiger partial charge on any atom is 0.252 e. The Balaban J connectivity index is 2.01. The summed E-state index contributed by atoms with van der Waals surface area (Å²) in [6, 6.07) is 7.19. The zero-order valence-electron chi connectivity index (χ0n) is 8.14. The highest BCUT2D eigenvalue weighted by molar-refractivity contribution is 9.10. The van der Waals surface area contributed by atoms with Crippen LogP contribution in [-0.4, -0.2) is 26.5 Å². The number of benzene rings is 1. The number of tetrazole rings is 1. The van der Waals surface area contributed by atoms with Gasteiger partial charge in [0.25, 0.3) is 5.91 Å². The Morgan fingerprint density at radius 3 is 2.94 bits per heavy atom. The molecule has 0 aliphatic heterocycles. The van der Waals surface area contributed by atoms with E-state index in [1.807, 2.05) is 12.1 Å². The minimum absolute atomic E-state index is 0.183. The summed E-state index contributed by atoms with van der Waals surface area (Å²) in [7, 11) is 0. The monoisotopic (exact) mass is 281 g/mol. The van der Waals surface area contributed by atoms with E-state index in [1.165, 1.54) is 0 Å². The molecule has 0 unspecified atom stereocenters. The Bertz CT molecular complexity index is 484. The smallest absolute Gasteiger partial charge is 0.252 e. The minimum atomic E-state index is -0.183. The van der Waals surface area contributed by atoms with Crippen molar-refractivity contribution in [2.45, 2.75) is 6.54 Å². The molecular formula is C9H8BrN5O. The van der Waals surface area contributed by atoms with E-state index in [4.69, 9.17) is 0 Å². The zero-order chi connectivity index (χ0) is 11.4. The van der Waals surface area contributed by atoms with Gasteiger partial charge in [0, 0.05) is 4.47 Å². The Labute approximate surface area is 99.6 Å². The van der Waals surface area contributed by atoms with Crippen molar-refractivity contribution in [1.29, 1.82) is 0 Å². The van der Waals surface area contributed by atoms with Crippen LogP contribution in [0.2, 0.25) is 0 Å². The van der Waals surface area contributed by atoms with Crippen molar-refractivity contribution in [3.63, 3.8) is 0 Å². The van der Waals surface area contributed by atoms with Gasteiger partial charge in [-0.15, -0.1) is 10.2 Å². The summed E-state index contributed by atoms with van der Waals surface area (Å²) in [5.74, 6) is 0.262. The van der Waals surface area contributed by atoms with Gasteiger partial charge in [-0.05, 0) is 28.1 Å². The first kappa shape index (κ1) is 10.7. The Morgan fingerprint density at radius 1 is 1.44 bits per heavy atom. The lowest BCUT2D eigenvalue weighted by Gasteiger charge is -2.03. The normalized spacial score (nSPS) is 10.1. The van der Waals surface area contributed by atoms with Crippen LogP contribution < -0.4 is 5.32 Å². The van der Waals surface area contributed by atoms with Crippen LogP contribution >= 0.6 is 15.9 Å². The number of hydrogen-bond acceptors (Lipinski definition) is 4. The van der Waals surface area contributed by atoms with E-state index in [2.05, 4.69) is 41.9 Å². The third-order valence-electron chi connectivity index (χ3n) is 1.91. The van der Waals surface area contributed by atoms with Crippen molar-refractivity contribution in [1.82, 2.24) is 25.9 Å². The third-order valence-corrected chi connectivity index (χ3v) is 2.61. The van der Waals surface area contributed by atoms with Gasteiger partial charge in [-0.25, -0.2) is 0 Å². The molecule has 0 saturated carbocycles. The van der Waals surface area contributed by atoms with Gasteiger partial charge >= 0.3 is 0 Å². The van der Waals surface area contributed by atoms with E-state index in [-0.39, 0.29) is 12.5 Å². The number of halogens is 1. The molecule has 82 valence electrons. The first-order valence-corrected chi connectivity index (χ1v) is 5.31. The minimum Gasteiger partial charge on any atom is -0.345 e. The predicted octanol–water partition coefficient (Wildman–Crippen LogP) is 0.892. The molecule has 0 radical (unpaired) electrons. The molecule has 16 heavy (non-hydrogen) atoms. The maximum atomic E-state index is 11.7. The molecule has 0 spiro atoms. The van der Waals surface area contributed by atoms with Gasteiger partial charge in [0.05, 0.1) is 12.1 Å². The number of carbonyl (C=O) groups excluding carboxylic acids is 1. The summed E-state index contributed by atoms with van der Waals surface area (Å²) < 4.78 is 0.751. The van der Waals surface area contributed by atoms with Crippen LogP contribution in [0.4, 0.5) is 0 Å². The summed E-state index contributed by atoms with van der Waals surface area (Å²) in [6.45, 7) is 0.247. The van der Waals surface area contributed by atoms with Gasteiger partial charge in [-0.1, -0.05) is 17.3 Å². The van der Waals surface area contributed by atoms with Gasteiger partial charge < -0.3 is 5.32 Å². The number of nitrogens with one attached hydrogen (secondary N) is 2. The lowest BCUT2D eigenvalue weighted by atomic mass is 10.2. The first-order chi connectivity index (χ1) is 7.77. The molecule has 0 fully saturated rings. The fourth-order valence-corrected chi connectivity index (χ4v) is 1.62. The Morgan fingerprint density at radius 2 is 2.25 bits per heavy atom. The van der Waals surface area contributed by atoms with Crippen LogP contribution in [0.1, 0.15) is 16.2 Å². The van der Waals surface area contributed by atoms with Crippen molar-refractivity contribution in [2.75, 3.05) is 0 Å². The fraction of sp³-hybridized carbons (Fsp3) is 0.111. The Kier molecular flexibility index (Phi) is 3.25. The zero-order valence-corrected chi connectivity index (χ0v) is 9.73. The van der Waals surface area contributed by atoms with Crippen LogP contribution in [0.5, 0.6) is 0 Å². The van der Waals surface area contributed by atoms with E-state index in [0.717, 1.165) is 4.47 Å². The molecule has 1 amide bonds. The average Bonchev–Trinajstić information content (AvgIpc) is 2.79. The van der Waals surface area contributed by atoms with Crippen molar-refractivity contribution in [3.8, 4) is 0 Å². The van der Waals surface area contributed by atoms with Gasteiger partial charge in [-0.3, -0.25) is 4.79 Å². The van der Waals surface area contributed by atoms with Crippen molar-refractivity contribution in [2.24, 2.45) is 0 Å². The SMILES string of the molecule is O=C(NCc1nn[nH]n1)c1ccccc1Br. The van der Waals surface area contributed by atoms with Crippen LogP contribution in [-0.2, 0) is 6.54 Å². The quantitative estimate of drug-likeness (QED) is 0.875. The standard InChI is InChI=1S/C9H8BrN5O/c10-7-4-2-1-3-6(7)9(16)11-5-8-12-14-15-13-8/h1-4H,5H2,(H,11,16)(H,12,13,14,15). The molecule has 2 N–H and O–H groups in total. The molecule has 0 bridgehead atoms. The summed E-state index contributed by atoms with van der Waals surface area (Å²) in [5.41, 5.74) is 0.575.